The molecule has 0 aromatic heterocycles. The number of aldehydes is 2. The molecule has 0 heterocycles. The lowest BCUT2D eigenvalue weighted by atomic mass is 10.0. The summed E-state index contributed by atoms with van der Waals surface area (Å²) in [5, 5.41) is 8.39. The highest BCUT2D eigenvalue weighted by Crippen LogP contribution is 2.14. The Balaban J connectivity index is 0.000000441. The molecular formula is C14H19INO4+. The third-order valence-corrected chi connectivity index (χ3v) is 2.95. The Labute approximate surface area is 132 Å². The molecule has 1 aromatic carbocycles. The lowest BCUT2D eigenvalue weighted by Crippen LogP contribution is -2.36. The summed E-state index contributed by atoms with van der Waals surface area (Å²) in [5.41, 5.74) is 0.689. The Morgan fingerprint density at radius 2 is 1.85 bits per heavy atom. The SMILES string of the molecule is C[N+](C)(C)CCO.O=Cc1cccc(C(=O)I)c1C=O. The van der Waals surface area contributed by atoms with Crippen LogP contribution in [0.1, 0.15) is 31.1 Å². The predicted octanol–water partition coefficient (Wildman–Crippen LogP) is 1.57. The summed E-state index contributed by atoms with van der Waals surface area (Å²) >= 11 is 1.58. The lowest BCUT2D eigenvalue weighted by molar-refractivity contribution is -0.870. The number of rotatable bonds is 5. The Kier molecular flexibility index (Phi) is 8.43. The quantitative estimate of drug-likeness (QED) is 0.358. The van der Waals surface area contributed by atoms with E-state index in [2.05, 4.69) is 21.1 Å². The maximum Gasteiger partial charge on any atom is 0.223 e. The van der Waals surface area contributed by atoms with Gasteiger partial charge in [0.1, 0.15) is 6.54 Å². The first-order valence-electron chi connectivity index (χ1n) is 5.91. The number of hydrogen-bond donors (Lipinski definition) is 1. The number of carbonyl (C=O) groups is 3. The van der Waals surface area contributed by atoms with E-state index in [9.17, 15) is 14.4 Å². The van der Waals surface area contributed by atoms with Crippen LogP contribution in [0.5, 0.6) is 0 Å². The zero-order chi connectivity index (χ0) is 15.8. The molecule has 20 heavy (non-hydrogen) atoms. The Hall–Kier alpha value is -1.12. The predicted molar refractivity (Wildman–Crippen MR) is 85.6 cm³/mol. The molecule has 0 bridgehead atoms. The van der Waals surface area contributed by atoms with Gasteiger partial charge >= 0.3 is 0 Å². The van der Waals surface area contributed by atoms with Crippen molar-refractivity contribution in [3.05, 3.63) is 34.9 Å². The zero-order valence-corrected chi connectivity index (χ0v) is 14.0. The van der Waals surface area contributed by atoms with Gasteiger partial charge in [0.05, 0.1) is 27.7 Å². The summed E-state index contributed by atoms with van der Waals surface area (Å²) in [5.74, 6) is 0. The molecule has 0 aliphatic carbocycles. The van der Waals surface area contributed by atoms with Gasteiger partial charge in [-0.2, -0.15) is 0 Å². The van der Waals surface area contributed by atoms with Gasteiger partial charge in [0, 0.05) is 39.3 Å². The fourth-order valence-electron chi connectivity index (χ4n) is 1.29. The van der Waals surface area contributed by atoms with Crippen molar-refractivity contribution in [1.29, 1.82) is 0 Å². The molecular weight excluding hydrogens is 373 g/mol. The average Bonchev–Trinajstić information content (AvgIpc) is 2.36. The number of benzene rings is 1. The Bertz CT molecular complexity index is 481. The van der Waals surface area contributed by atoms with E-state index in [-0.39, 0.29) is 27.1 Å². The van der Waals surface area contributed by atoms with Crippen LogP contribution in [0, 0.1) is 0 Å². The molecule has 0 spiro atoms. The molecule has 0 atom stereocenters. The van der Waals surface area contributed by atoms with Crippen LogP contribution in [0.25, 0.3) is 0 Å². The molecule has 5 nitrogen and oxygen atoms in total. The Morgan fingerprint density at radius 1 is 1.25 bits per heavy atom. The van der Waals surface area contributed by atoms with Crippen molar-refractivity contribution in [2.45, 2.75) is 0 Å². The van der Waals surface area contributed by atoms with Crippen LogP contribution in [-0.2, 0) is 0 Å². The van der Waals surface area contributed by atoms with Crippen LogP contribution >= 0.6 is 22.6 Å². The number of quaternary nitrogens is 1. The number of aliphatic hydroxyl groups is 1. The first-order valence-corrected chi connectivity index (χ1v) is 6.99. The molecule has 6 heteroatoms. The summed E-state index contributed by atoms with van der Waals surface area (Å²) in [6, 6.07) is 4.59. The molecule has 1 rings (SSSR count). The molecule has 0 saturated carbocycles. The minimum absolute atomic E-state index is 0.164. The minimum atomic E-state index is -0.247. The highest BCUT2D eigenvalue weighted by molar-refractivity contribution is 14.1. The van der Waals surface area contributed by atoms with Gasteiger partial charge < -0.3 is 9.59 Å². The van der Waals surface area contributed by atoms with Crippen molar-refractivity contribution in [2.75, 3.05) is 34.3 Å². The second-order valence-corrected chi connectivity index (χ2v) is 6.04. The van der Waals surface area contributed by atoms with Gasteiger partial charge in [-0.25, -0.2) is 0 Å². The molecule has 0 fully saturated rings. The fourth-order valence-corrected chi connectivity index (χ4v) is 1.76. The molecule has 0 radical (unpaired) electrons. The fraction of sp³-hybridized carbons (Fsp3) is 0.357. The van der Waals surface area contributed by atoms with Crippen molar-refractivity contribution in [2.24, 2.45) is 0 Å². The van der Waals surface area contributed by atoms with Gasteiger partial charge in [-0.1, -0.05) is 12.1 Å². The van der Waals surface area contributed by atoms with Gasteiger partial charge in [-0.05, 0) is 6.07 Å². The summed E-state index contributed by atoms with van der Waals surface area (Å²) in [6.45, 7) is 1.11. The van der Waals surface area contributed by atoms with Gasteiger partial charge in [0.25, 0.3) is 0 Å². The maximum absolute atomic E-state index is 11.0. The third kappa shape index (κ3) is 6.88. The van der Waals surface area contributed by atoms with Crippen molar-refractivity contribution in [3.8, 4) is 0 Å². The van der Waals surface area contributed by atoms with Crippen LogP contribution in [-0.4, -0.2) is 60.2 Å². The van der Waals surface area contributed by atoms with E-state index in [1.165, 1.54) is 12.1 Å². The van der Waals surface area contributed by atoms with E-state index < -0.39 is 0 Å². The van der Waals surface area contributed by atoms with Crippen LogP contribution in [0.15, 0.2) is 18.2 Å². The molecule has 0 unspecified atom stereocenters. The first kappa shape index (κ1) is 18.9. The van der Waals surface area contributed by atoms with Crippen molar-refractivity contribution >= 4 is 39.0 Å². The molecule has 0 aliphatic heterocycles. The van der Waals surface area contributed by atoms with Gasteiger partial charge in [0.2, 0.25) is 3.79 Å². The number of likely N-dealkylation sites (N-methyl/N-ethyl adjacent to an activating group) is 1. The molecule has 0 saturated heterocycles. The van der Waals surface area contributed by atoms with Crippen molar-refractivity contribution in [1.82, 2.24) is 0 Å². The van der Waals surface area contributed by atoms with Gasteiger partial charge in [-0.3, -0.25) is 14.4 Å². The normalized spacial score (nSPS) is 10.2. The maximum atomic E-state index is 11.0. The van der Waals surface area contributed by atoms with Crippen LogP contribution in [0.3, 0.4) is 0 Å². The summed E-state index contributed by atoms with van der Waals surface area (Å²) in [6.07, 6.45) is 1.09. The smallest absolute Gasteiger partial charge is 0.223 e. The highest BCUT2D eigenvalue weighted by atomic mass is 127. The lowest BCUT2D eigenvalue weighted by Gasteiger charge is -2.21. The summed E-state index contributed by atoms with van der Waals surface area (Å²) in [4.78, 5) is 32.1. The largest absolute Gasteiger partial charge is 0.391 e. The first-order chi connectivity index (χ1) is 9.26. The number of halogens is 1. The second-order valence-electron chi connectivity index (χ2n) is 5.06. The molecule has 1 N–H and O–H groups in total. The number of carbonyl (C=O) groups excluding carboxylic acids is 3. The van der Waals surface area contributed by atoms with Gasteiger partial charge in [0.15, 0.2) is 12.6 Å². The van der Waals surface area contributed by atoms with Crippen molar-refractivity contribution in [3.63, 3.8) is 0 Å². The Morgan fingerprint density at radius 3 is 2.15 bits per heavy atom. The third-order valence-electron chi connectivity index (χ3n) is 2.37. The van der Waals surface area contributed by atoms with E-state index >= 15 is 0 Å². The van der Waals surface area contributed by atoms with E-state index in [4.69, 9.17) is 5.11 Å². The highest BCUT2D eigenvalue weighted by Gasteiger charge is 2.10. The van der Waals surface area contributed by atoms with E-state index in [0.717, 1.165) is 11.0 Å². The second kappa shape index (κ2) is 8.93. The van der Waals surface area contributed by atoms with Gasteiger partial charge in [-0.15, -0.1) is 0 Å². The van der Waals surface area contributed by atoms with Crippen LogP contribution < -0.4 is 0 Å². The molecule has 110 valence electrons. The summed E-state index contributed by atoms with van der Waals surface area (Å²) < 4.78 is 0.597. The number of hydrogen-bond acceptors (Lipinski definition) is 4. The van der Waals surface area contributed by atoms with Crippen molar-refractivity contribution < 1.29 is 24.0 Å². The minimum Gasteiger partial charge on any atom is -0.391 e. The van der Waals surface area contributed by atoms with E-state index in [0.29, 0.717) is 12.6 Å². The topological polar surface area (TPSA) is 71.4 Å². The average molecular weight is 392 g/mol. The monoisotopic (exact) mass is 392 g/mol. The van der Waals surface area contributed by atoms with E-state index in [1.807, 2.05) is 0 Å². The molecule has 0 amide bonds. The number of nitrogens with zero attached hydrogens (tertiary/aromatic N) is 1. The van der Waals surface area contributed by atoms with Crippen LogP contribution in [0.4, 0.5) is 0 Å². The summed E-state index contributed by atoms with van der Waals surface area (Å²) in [7, 11) is 6.16. The van der Waals surface area contributed by atoms with Crippen LogP contribution in [0.2, 0.25) is 0 Å². The molecule has 1 aromatic rings. The molecule has 0 aliphatic rings. The van der Waals surface area contributed by atoms with E-state index in [1.54, 1.807) is 28.7 Å². The number of aliphatic hydroxyl groups excluding tert-OH is 1. The standard InChI is InChI=1S/C9H5IO3.C5H14NO/c10-9(13)7-3-1-2-6(4-11)8(7)5-12;1-6(2,3)4-5-7/h1-5H;7H,4-5H2,1-3H3/q;+1. The zero-order valence-electron chi connectivity index (χ0n) is 11.8.